The molecule has 0 heterocycles. The van der Waals surface area contributed by atoms with Crippen molar-refractivity contribution < 1.29 is 28.0 Å². The highest BCUT2D eigenvalue weighted by atomic mass is 16.5. The van der Waals surface area contributed by atoms with Gasteiger partial charge in [0.2, 0.25) is 0 Å². The molecule has 0 aromatic rings. The summed E-state index contributed by atoms with van der Waals surface area (Å²) in [5.74, 6) is -3.40. The van der Waals surface area contributed by atoms with Crippen molar-refractivity contribution in [2.75, 3.05) is 27.7 Å². The number of hydrogen-bond donors (Lipinski definition) is 0. The van der Waals surface area contributed by atoms with E-state index in [-0.39, 0.29) is 11.0 Å². The van der Waals surface area contributed by atoms with Crippen LogP contribution in [0.15, 0.2) is 0 Å². The van der Waals surface area contributed by atoms with Crippen molar-refractivity contribution in [1.29, 1.82) is 0 Å². The maximum Gasteiger partial charge on any atom is 0.309 e. The Hall–Kier alpha value is -1.10. The summed E-state index contributed by atoms with van der Waals surface area (Å²) in [6.45, 7) is 2.99. The molecule has 0 aromatic carbocycles. The molecule has 0 aromatic heterocycles. The number of carbonyl (C=O) groups excluding carboxylic acids is 2. The van der Waals surface area contributed by atoms with Crippen molar-refractivity contribution in [1.82, 2.24) is 0 Å². The molecule has 0 bridgehead atoms. The summed E-state index contributed by atoms with van der Waals surface area (Å²) in [4.78, 5) is 22.8. The topological polar surface area (TPSA) is 66.4 Å². The fourth-order valence-corrected chi connectivity index (χ4v) is 1.03. The Morgan fingerprint density at radius 3 is 2.35 bits per heavy atom. The molecule has 17 heavy (non-hydrogen) atoms. The lowest BCUT2D eigenvalue weighted by atomic mass is 10.1. The Bertz CT molecular complexity index is 381. The minimum Gasteiger partial charge on any atom is -0.550 e. The Morgan fingerprint density at radius 1 is 1.47 bits per heavy atom. The number of aliphatic carboxylic acids is 1. The SMILES string of the molecule is [2H]C(C[N+](C)(C)C)(OC(=O)C(C)CC)C([2H])([2H])C(=O)[O-]. The lowest BCUT2D eigenvalue weighted by Crippen LogP contribution is -2.45. The van der Waals surface area contributed by atoms with Gasteiger partial charge in [-0.25, -0.2) is 0 Å². The number of quaternary nitrogens is 1. The van der Waals surface area contributed by atoms with E-state index < -0.39 is 30.3 Å². The number of carboxylic acid groups (broad SMARTS) is 1. The van der Waals surface area contributed by atoms with Gasteiger partial charge in [0.05, 0.1) is 28.4 Å². The second-order valence-electron chi connectivity index (χ2n) is 5.01. The molecule has 0 fully saturated rings. The third-order valence-corrected chi connectivity index (χ3v) is 2.10. The number of carbonyl (C=O) groups is 2. The van der Waals surface area contributed by atoms with Crippen LogP contribution in [0.25, 0.3) is 0 Å². The first kappa shape index (κ1) is 11.0. The number of hydrogen-bond acceptors (Lipinski definition) is 4. The van der Waals surface area contributed by atoms with Crippen LogP contribution in [0.4, 0.5) is 0 Å². The smallest absolute Gasteiger partial charge is 0.309 e. The summed E-state index contributed by atoms with van der Waals surface area (Å²) in [6, 6.07) is 0. The molecule has 2 unspecified atom stereocenters. The summed E-state index contributed by atoms with van der Waals surface area (Å²) in [7, 11) is 4.93. The second-order valence-corrected chi connectivity index (χ2v) is 5.01. The summed E-state index contributed by atoms with van der Waals surface area (Å²) in [6.07, 6.45) is -5.21. The number of esters is 1. The average molecular weight is 248 g/mol. The predicted octanol–water partition coefficient (Wildman–Crippen LogP) is -0.209. The van der Waals surface area contributed by atoms with E-state index in [0.717, 1.165) is 0 Å². The van der Waals surface area contributed by atoms with Crippen molar-refractivity contribution in [3.05, 3.63) is 0 Å². The highest BCUT2D eigenvalue weighted by molar-refractivity contribution is 5.73. The minimum atomic E-state index is -3.11. The van der Waals surface area contributed by atoms with Crippen LogP contribution in [0, 0.1) is 5.92 Å². The molecule has 5 nitrogen and oxygen atoms in total. The number of ether oxygens (including phenoxy) is 1. The monoisotopic (exact) mass is 248 g/mol. The van der Waals surface area contributed by atoms with Gasteiger partial charge in [-0.15, -0.1) is 0 Å². The minimum absolute atomic E-state index is 0.0596. The summed E-state index contributed by atoms with van der Waals surface area (Å²) < 4.78 is 28.1. The van der Waals surface area contributed by atoms with E-state index in [9.17, 15) is 14.7 Å². The molecule has 0 aliphatic carbocycles. The van der Waals surface area contributed by atoms with Crippen molar-refractivity contribution in [3.8, 4) is 0 Å². The Morgan fingerprint density at radius 2 is 2.00 bits per heavy atom. The van der Waals surface area contributed by atoms with E-state index in [2.05, 4.69) is 0 Å². The molecule has 0 N–H and O–H groups in total. The van der Waals surface area contributed by atoms with E-state index in [1.807, 2.05) is 0 Å². The second kappa shape index (κ2) is 6.59. The van der Waals surface area contributed by atoms with Crippen LogP contribution in [-0.4, -0.2) is 50.2 Å². The van der Waals surface area contributed by atoms with Crippen molar-refractivity contribution in [3.63, 3.8) is 0 Å². The zero-order valence-electron chi connectivity index (χ0n) is 14.1. The van der Waals surface area contributed by atoms with Gasteiger partial charge < -0.3 is 19.1 Å². The fraction of sp³-hybridized carbons (Fsp3) is 0.833. The van der Waals surface area contributed by atoms with Gasteiger partial charge in [-0.1, -0.05) is 13.8 Å². The average Bonchev–Trinajstić information content (AvgIpc) is 2.24. The first-order chi connectivity index (χ1) is 8.77. The van der Waals surface area contributed by atoms with Crippen LogP contribution in [0.1, 0.15) is 30.8 Å². The maximum absolute atomic E-state index is 11.8. The predicted molar refractivity (Wildman–Crippen MR) is 61.9 cm³/mol. The van der Waals surface area contributed by atoms with Gasteiger partial charge in [-0.2, -0.15) is 0 Å². The zero-order valence-corrected chi connectivity index (χ0v) is 11.1. The third-order valence-electron chi connectivity index (χ3n) is 2.10. The molecule has 0 aliphatic heterocycles. The highest BCUT2D eigenvalue weighted by Gasteiger charge is 2.24. The number of rotatable bonds is 7. The normalized spacial score (nSPS) is 20.4. The maximum atomic E-state index is 11.8. The van der Waals surface area contributed by atoms with Crippen LogP contribution in [-0.2, 0) is 14.3 Å². The molecular formula is C12H23NO4. The molecule has 0 radical (unpaired) electrons. The fourth-order valence-electron chi connectivity index (χ4n) is 1.03. The first-order valence-electron chi connectivity index (χ1n) is 7.01. The molecule has 2 atom stereocenters. The zero-order chi connectivity index (χ0) is 16.4. The van der Waals surface area contributed by atoms with Gasteiger partial charge in [-0.05, 0) is 6.42 Å². The van der Waals surface area contributed by atoms with E-state index in [0.29, 0.717) is 6.42 Å². The molecule has 100 valence electrons. The Balaban J connectivity index is 5.49. The van der Waals surface area contributed by atoms with Crippen LogP contribution in [0.5, 0.6) is 0 Å². The molecule has 0 rings (SSSR count). The van der Waals surface area contributed by atoms with Gasteiger partial charge in [0, 0.05) is 15.1 Å². The van der Waals surface area contributed by atoms with Gasteiger partial charge in [0.1, 0.15) is 6.54 Å². The van der Waals surface area contributed by atoms with Crippen LogP contribution < -0.4 is 5.11 Å². The highest BCUT2D eigenvalue weighted by Crippen LogP contribution is 2.10. The van der Waals surface area contributed by atoms with E-state index in [1.165, 1.54) is 0 Å². The summed E-state index contributed by atoms with van der Waals surface area (Å²) in [5.41, 5.74) is 0. The van der Waals surface area contributed by atoms with Crippen molar-refractivity contribution in [2.24, 2.45) is 5.92 Å². The van der Waals surface area contributed by atoms with Crippen LogP contribution >= 0.6 is 0 Å². The number of nitrogens with zero attached hydrogens (tertiary/aromatic N) is 1. The van der Waals surface area contributed by atoms with E-state index >= 15 is 0 Å². The summed E-state index contributed by atoms with van der Waals surface area (Å²) in [5, 5.41) is 11.0. The quantitative estimate of drug-likeness (QED) is 0.462. The molecule has 0 spiro atoms. The molecular weight excluding hydrogens is 222 g/mol. The third kappa shape index (κ3) is 7.74. The molecule has 0 saturated carbocycles. The van der Waals surface area contributed by atoms with Gasteiger partial charge in [-0.3, -0.25) is 4.79 Å². The van der Waals surface area contributed by atoms with Crippen LogP contribution in [0.2, 0.25) is 0 Å². The van der Waals surface area contributed by atoms with Crippen LogP contribution in [0.3, 0.4) is 0 Å². The van der Waals surface area contributed by atoms with Gasteiger partial charge in [0.15, 0.2) is 6.08 Å². The lowest BCUT2D eigenvalue weighted by molar-refractivity contribution is -0.873. The molecule has 0 aliphatic rings. The largest absolute Gasteiger partial charge is 0.550 e. The standard InChI is InChI=1S/C12H23NO4/c1-6-9(2)12(16)17-10(7-11(14)15)8-13(3,4)5/h9-10H,6-8H2,1-5H3/i7D2,10D. The number of carboxylic acids is 1. The molecule has 5 heteroatoms. The Kier molecular flexibility index (Phi) is 4.27. The van der Waals surface area contributed by atoms with Crippen molar-refractivity contribution >= 4 is 11.9 Å². The van der Waals surface area contributed by atoms with E-state index in [4.69, 9.17) is 8.85 Å². The Labute approximate surface area is 107 Å². The van der Waals surface area contributed by atoms with Gasteiger partial charge in [0.25, 0.3) is 0 Å². The number of likely N-dealkylation sites (N-methyl/N-ethyl adjacent to an activating group) is 1. The first-order valence-corrected chi connectivity index (χ1v) is 5.51. The molecule has 0 saturated heterocycles. The lowest BCUT2D eigenvalue weighted by Gasteiger charge is -2.29. The summed E-state index contributed by atoms with van der Waals surface area (Å²) >= 11 is 0. The van der Waals surface area contributed by atoms with Gasteiger partial charge >= 0.3 is 5.97 Å². The van der Waals surface area contributed by atoms with Crippen molar-refractivity contribution in [2.45, 2.75) is 32.7 Å². The molecule has 0 amide bonds. The van der Waals surface area contributed by atoms with E-state index in [1.54, 1.807) is 35.0 Å².